The Morgan fingerprint density at radius 3 is 2.20 bits per heavy atom. The summed E-state index contributed by atoms with van der Waals surface area (Å²) >= 11 is 12.9. The maximum atomic E-state index is 9.33. The molecule has 0 amide bonds. The molecule has 0 spiro atoms. The van der Waals surface area contributed by atoms with Crippen molar-refractivity contribution < 1.29 is 0 Å². The van der Waals surface area contributed by atoms with Crippen molar-refractivity contribution in [1.82, 2.24) is 0 Å². The van der Waals surface area contributed by atoms with Gasteiger partial charge in [0.25, 0.3) is 0 Å². The maximum absolute atomic E-state index is 9.33. The largest absolute Gasteiger partial charge is 0.192 e. The average Bonchev–Trinajstić information content (AvgIpc) is 2.43. The van der Waals surface area contributed by atoms with Gasteiger partial charge in [0.2, 0.25) is 0 Å². The van der Waals surface area contributed by atoms with Crippen molar-refractivity contribution in [2.75, 3.05) is 0 Å². The molecule has 0 aliphatic rings. The van der Waals surface area contributed by atoms with E-state index >= 15 is 0 Å². The molecule has 1 nitrogen and oxygen atoms in total. The second-order valence-electron chi connectivity index (χ2n) is 4.29. The molecule has 2 rings (SSSR count). The molecule has 0 bridgehead atoms. The lowest BCUT2D eigenvalue weighted by molar-refractivity contribution is 1.38. The summed E-state index contributed by atoms with van der Waals surface area (Å²) in [6.07, 6.45) is 1.86. The van der Waals surface area contributed by atoms with Gasteiger partial charge in [0.1, 0.15) is 0 Å². The van der Waals surface area contributed by atoms with Gasteiger partial charge in [0.15, 0.2) is 0 Å². The lowest BCUT2D eigenvalue weighted by Gasteiger charge is -2.05. The summed E-state index contributed by atoms with van der Waals surface area (Å²) in [5, 5.41) is 9.99. The molecule has 0 atom stereocenters. The van der Waals surface area contributed by atoms with Crippen molar-refractivity contribution >= 4 is 55.1 Å². The predicted molar refractivity (Wildman–Crippen MR) is 91.5 cm³/mol. The predicted octanol–water partition coefficient (Wildman–Crippen LogP) is 6.24. The van der Waals surface area contributed by atoms with Crippen molar-refractivity contribution in [2.45, 2.75) is 6.92 Å². The first-order valence-electron chi connectivity index (χ1n) is 5.84. The van der Waals surface area contributed by atoms with Gasteiger partial charge < -0.3 is 0 Å². The molecule has 0 radical (unpaired) electrons. The number of allylic oxidation sites excluding steroid dienone is 1. The zero-order valence-electron chi connectivity index (χ0n) is 10.6. The molecule has 2 aromatic rings. The van der Waals surface area contributed by atoms with E-state index < -0.39 is 0 Å². The summed E-state index contributed by atoms with van der Waals surface area (Å²) in [6.45, 7) is 2.02. The monoisotopic (exact) mass is 409 g/mol. The molecular weight excluding hydrogens is 401 g/mol. The standard InChI is InChI=1S/C16H10Br2ClN/c1-10-15(17)7-11(8-16(10)18)6-13(9-20)12-2-4-14(19)5-3-12/h2-8H,1H3/b13-6-. The zero-order valence-corrected chi connectivity index (χ0v) is 14.6. The van der Waals surface area contributed by atoms with E-state index in [0.29, 0.717) is 10.6 Å². The number of hydrogen-bond acceptors (Lipinski definition) is 1. The molecule has 0 unspecified atom stereocenters. The number of nitrogens with zero attached hydrogens (tertiary/aromatic N) is 1. The van der Waals surface area contributed by atoms with Gasteiger partial charge in [-0.25, -0.2) is 0 Å². The van der Waals surface area contributed by atoms with E-state index in [-0.39, 0.29) is 0 Å². The lowest BCUT2D eigenvalue weighted by atomic mass is 10.0. The van der Waals surface area contributed by atoms with Crippen LogP contribution in [-0.2, 0) is 0 Å². The number of benzene rings is 2. The fourth-order valence-corrected chi connectivity index (χ4v) is 3.07. The van der Waals surface area contributed by atoms with E-state index in [1.165, 1.54) is 0 Å². The van der Waals surface area contributed by atoms with Gasteiger partial charge in [-0.2, -0.15) is 5.26 Å². The van der Waals surface area contributed by atoms with Crippen LogP contribution in [0.3, 0.4) is 0 Å². The van der Waals surface area contributed by atoms with Gasteiger partial charge in [-0.05, 0) is 54.0 Å². The van der Waals surface area contributed by atoms with Gasteiger partial charge in [-0.1, -0.05) is 55.6 Å². The highest BCUT2D eigenvalue weighted by Crippen LogP contribution is 2.28. The Morgan fingerprint density at radius 1 is 1.15 bits per heavy atom. The van der Waals surface area contributed by atoms with Crippen molar-refractivity contribution in [2.24, 2.45) is 0 Å². The number of halogens is 3. The number of rotatable bonds is 2. The molecule has 0 saturated heterocycles. The first-order valence-corrected chi connectivity index (χ1v) is 7.81. The second-order valence-corrected chi connectivity index (χ2v) is 6.43. The lowest BCUT2D eigenvalue weighted by Crippen LogP contribution is -1.85. The average molecular weight is 412 g/mol. The minimum atomic E-state index is 0.601. The summed E-state index contributed by atoms with van der Waals surface area (Å²) in [4.78, 5) is 0. The Hall–Kier alpha value is -1.08. The molecule has 0 saturated carbocycles. The summed E-state index contributed by atoms with van der Waals surface area (Å²) in [5.74, 6) is 0. The molecule has 0 aliphatic heterocycles. The van der Waals surface area contributed by atoms with Crippen LogP contribution in [0.5, 0.6) is 0 Å². The third-order valence-electron chi connectivity index (χ3n) is 2.89. The third kappa shape index (κ3) is 3.52. The minimum Gasteiger partial charge on any atom is -0.192 e. The van der Waals surface area contributed by atoms with E-state index in [9.17, 15) is 5.26 Å². The highest BCUT2D eigenvalue weighted by molar-refractivity contribution is 9.11. The van der Waals surface area contributed by atoms with Crippen LogP contribution in [0.1, 0.15) is 16.7 Å². The van der Waals surface area contributed by atoms with Crippen LogP contribution >= 0.6 is 43.5 Å². The van der Waals surface area contributed by atoms with Crippen LogP contribution in [-0.4, -0.2) is 0 Å². The molecule has 0 aromatic heterocycles. The molecule has 0 fully saturated rings. The summed E-state index contributed by atoms with van der Waals surface area (Å²) < 4.78 is 2.01. The van der Waals surface area contributed by atoms with E-state index in [1.54, 1.807) is 12.1 Å². The van der Waals surface area contributed by atoms with Crippen LogP contribution in [0.2, 0.25) is 5.02 Å². The molecule has 2 aromatic carbocycles. The Labute approximate surface area is 140 Å². The smallest absolute Gasteiger partial charge is 0.0998 e. The van der Waals surface area contributed by atoms with Gasteiger partial charge in [-0.15, -0.1) is 0 Å². The van der Waals surface area contributed by atoms with Crippen LogP contribution in [0, 0.1) is 18.3 Å². The van der Waals surface area contributed by atoms with Crippen molar-refractivity contribution in [3.05, 3.63) is 67.1 Å². The molecule has 20 heavy (non-hydrogen) atoms. The SMILES string of the molecule is Cc1c(Br)cc(/C=C(/C#N)c2ccc(Cl)cc2)cc1Br. The van der Waals surface area contributed by atoms with Crippen molar-refractivity contribution in [3.8, 4) is 6.07 Å². The quantitative estimate of drug-likeness (QED) is 0.424. The molecule has 0 N–H and O–H groups in total. The minimum absolute atomic E-state index is 0.601. The number of hydrogen-bond donors (Lipinski definition) is 0. The fraction of sp³-hybridized carbons (Fsp3) is 0.0625. The highest BCUT2D eigenvalue weighted by Gasteiger charge is 2.05. The molecular formula is C16H10Br2ClN. The van der Waals surface area contributed by atoms with Gasteiger partial charge in [0, 0.05) is 14.0 Å². The van der Waals surface area contributed by atoms with Crippen LogP contribution in [0.15, 0.2) is 45.3 Å². The van der Waals surface area contributed by atoms with Crippen molar-refractivity contribution in [1.29, 1.82) is 5.26 Å². The molecule has 4 heteroatoms. The molecule has 0 aliphatic carbocycles. The summed E-state index contributed by atoms with van der Waals surface area (Å²) in [5.41, 5.74) is 3.54. The summed E-state index contributed by atoms with van der Waals surface area (Å²) in [7, 11) is 0. The Kier molecular flexibility index (Phi) is 5.04. The number of nitriles is 1. The maximum Gasteiger partial charge on any atom is 0.0998 e. The first-order chi connectivity index (χ1) is 9.51. The Balaban J connectivity index is 2.47. The van der Waals surface area contributed by atoms with Gasteiger partial charge in [0.05, 0.1) is 11.6 Å². The van der Waals surface area contributed by atoms with Crippen molar-refractivity contribution in [3.63, 3.8) is 0 Å². The van der Waals surface area contributed by atoms with E-state index in [1.807, 2.05) is 37.3 Å². The van der Waals surface area contributed by atoms with E-state index in [2.05, 4.69) is 37.9 Å². The molecule has 100 valence electrons. The highest BCUT2D eigenvalue weighted by atomic mass is 79.9. The third-order valence-corrected chi connectivity index (χ3v) is 4.79. The first kappa shape index (κ1) is 15.3. The van der Waals surface area contributed by atoms with Crippen LogP contribution < -0.4 is 0 Å². The van der Waals surface area contributed by atoms with Gasteiger partial charge >= 0.3 is 0 Å². The van der Waals surface area contributed by atoms with Crippen LogP contribution in [0.4, 0.5) is 0 Å². The fourth-order valence-electron chi connectivity index (χ4n) is 1.72. The second kappa shape index (κ2) is 6.58. The van der Waals surface area contributed by atoms with Gasteiger partial charge in [-0.3, -0.25) is 0 Å². The summed E-state index contributed by atoms with van der Waals surface area (Å²) in [6, 6.07) is 13.5. The molecule has 0 heterocycles. The van der Waals surface area contributed by atoms with Crippen LogP contribution in [0.25, 0.3) is 11.6 Å². The normalized spacial score (nSPS) is 11.2. The van der Waals surface area contributed by atoms with E-state index in [4.69, 9.17) is 11.6 Å². The zero-order chi connectivity index (χ0) is 14.7. The Morgan fingerprint density at radius 2 is 1.70 bits per heavy atom. The Bertz CT molecular complexity index is 689. The van der Waals surface area contributed by atoms with E-state index in [0.717, 1.165) is 25.6 Å². The topological polar surface area (TPSA) is 23.8 Å².